The Balaban J connectivity index is 2.04. The third-order valence-electron chi connectivity index (χ3n) is 3.29. The first-order valence-electron chi connectivity index (χ1n) is 6.88. The number of nitrogens with zero attached hydrogens (tertiary/aromatic N) is 1. The lowest BCUT2D eigenvalue weighted by molar-refractivity contribution is -0.117. The molecule has 5 nitrogen and oxygen atoms in total. The number of carbonyl (C=O) groups excluding carboxylic acids is 1. The van der Waals surface area contributed by atoms with E-state index >= 15 is 0 Å². The summed E-state index contributed by atoms with van der Waals surface area (Å²) in [6.07, 6.45) is 1.44. The van der Waals surface area contributed by atoms with Crippen LogP contribution in [-0.4, -0.2) is 32.5 Å². The second kappa shape index (κ2) is 6.66. The van der Waals surface area contributed by atoms with E-state index in [1.165, 1.54) is 0 Å². The van der Waals surface area contributed by atoms with E-state index in [0.29, 0.717) is 18.0 Å². The molecule has 0 bridgehead atoms. The van der Waals surface area contributed by atoms with Crippen molar-refractivity contribution in [2.75, 3.05) is 27.8 Å². The van der Waals surface area contributed by atoms with Crippen LogP contribution in [0, 0.1) is 5.92 Å². The van der Waals surface area contributed by atoms with Crippen LogP contribution in [0.15, 0.2) is 24.3 Å². The molecule has 1 N–H and O–H groups in total. The predicted octanol–water partition coefficient (Wildman–Crippen LogP) is 2.43. The van der Waals surface area contributed by atoms with E-state index in [2.05, 4.69) is 4.72 Å². The number of hydrogen-bond donors (Lipinski definition) is 1. The summed E-state index contributed by atoms with van der Waals surface area (Å²) in [5, 5.41) is 0. The molecule has 1 fully saturated rings. The molecule has 0 aromatic heterocycles. The topological polar surface area (TPSA) is 66.5 Å². The van der Waals surface area contributed by atoms with Gasteiger partial charge in [0.2, 0.25) is 15.9 Å². The maximum atomic E-state index is 11.9. The molecule has 1 aliphatic rings. The molecular formula is C14H19ClN2O3S. The van der Waals surface area contributed by atoms with Gasteiger partial charge in [-0.2, -0.15) is 0 Å². The van der Waals surface area contributed by atoms with E-state index in [1.807, 2.05) is 0 Å². The maximum absolute atomic E-state index is 11.9. The summed E-state index contributed by atoms with van der Waals surface area (Å²) in [6, 6.07) is 6.85. The van der Waals surface area contributed by atoms with Crippen LogP contribution < -0.4 is 9.62 Å². The Morgan fingerprint density at radius 3 is 2.52 bits per heavy atom. The molecule has 21 heavy (non-hydrogen) atoms. The lowest BCUT2D eigenvalue weighted by atomic mass is 10.2. The second-order valence-electron chi connectivity index (χ2n) is 5.34. The molecule has 0 radical (unpaired) electrons. The highest BCUT2D eigenvalue weighted by Crippen LogP contribution is 2.23. The van der Waals surface area contributed by atoms with Crippen molar-refractivity contribution in [3.63, 3.8) is 0 Å². The SMILES string of the molecule is CC(CCl)CS(=O)(=O)Nc1ccc(N2CCCC2=O)cc1. The van der Waals surface area contributed by atoms with Crippen LogP contribution in [0.2, 0.25) is 0 Å². The van der Waals surface area contributed by atoms with Crippen molar-refractivity contribution in [1.29, 1.82) is 0 Å². The Hall–Kier alpha value is -1.27. The summed E-state index contributed by atoms with van der Waals surface area (Å²) >= 11 is 5.64. The van der Waals surface area contributed by atoms with Gasteiger partial charge >= 0.3 is 0 Å². The molecule has 1 unspecified atom stereocenters. The average molecular weight is 331 g/mol. The lowest BCUT2D eigenvalue weighted by Gasteiger charge is -2.16. The summed E-state index contributed by atoms with van der Waals surface area (Å²) in [5.74, 6) is 0.296. The first-order valence-corrected chi connectivity index (χ1v) is 9.07. The fourth-order valence-electron chi connectivity index (χ4n) is 2.27. The summed E-state index contributed by atoms with van der Waals surface area (Å²) in [6.45, 7) is 2.51. The van der Waals surface area contributed by atoms with Crippen LogP contribution in [0.25, 0.3) is 0 Å². The van der Waals surface area contributed by atoms with Crippen molar-refractivity contribution < 1.29 is 13.2 Å². The van der Waals surface area contributed by atoms with Crippen LogP contribution in [0.4, 0.5) is 11.4 Å². The van der Waals surface area contributed by atoms with Crippen LogP contribution in [-0.2, 0) is 14.8 Å². The van der Waals surface area contributed by atoms with Gasteiger partial charge in [0, 0.05) is 30.2 Å². The highest BCUT2D eigenvalue weighted by Gasteiger charge is 2.21. The third-order valence-corrected chi connectivity index (χ3v) is 5.37. The molecule has 116 valence electrons. The summed E-state index contributed by atoms with van der Waals surface area (Å²) in [4.78, 5) is 13.4. The zero-order valence-electron chi connectivity index (χ0n) is 11.9. The molecule has 1 amide bonds. The van der Waals surface area contributed by atoms with E-state index in [9.17, 15) is 13.2 Å². The van der Waals surface area contributed by atoms with E-state index in [-0.39, 0.29) is 17.6 Å². The van der Waals surface area contributed by atoms with Crippen LogP contribution in [0.1, 0.15) is 19.8 Å². The van der Waals surface area contributed by atoms with Gasteiger partial charge in [0.25, 0.3) is 0 Å². The molecule has 0 spiro atoms. The molecule has 1 saturated heterocycles. The van der Waals surface area contributed by atoms with Gasteiger partial charge in [0.05, 0.1) is 5.75 Å². The Morgan fingerprint density at radius 2 is 2.00 bits per heavy atom. The summed E-state index contributed by atoms with van der Waals surface area (Å²) in [7, 11) is -3.40. The number of sulfonamides is 1. The molecule has 1 atom stereocenters. The van der Waals surface area contributed by atoms with Gasteiger partial charge in [-0.15, -0.1) is 11.6 Å². The second-order valence-corrected chi connectivity index (χ2v) is 7.41. The molecule has 1 aliphatic heterocycles. The smallest absolute Gasteiger partial charge is 0.233 e. The number of hydrogen-bond acceptors (Lipinski definition) is 3. The minimum atomic E-state index is -3.40. The van der Waals surface area contributed by atoms with Gasteiger partial charge in [-0.05, 0) is 36.6 Å². The number of benzene rings is 1. The first-order chi connectivity index (χ1) is 9.91. The molecule has 2 rings (SSSR count). The number of carbonyl (C=O) groups is 1. The standard InChI is InChI=1S/C14H19ClN2O3S/c1-11(9-15)10-21(19,20)16-12-4-6-13(7-5-12)17-8-2-3-14(17)18/h4-7,11,16H,2-3,8-10H2,1H3. The van der Waals surface area contributed by atoms with Gasteiger partial charge in [-0.25, -0.2) is 8.42 Å². The first kappa shape index (κ1) is 16.1. The Bertz CT molecular complexity index is 601. The zero-order valence-corrected chi connectivity index (χ0v) is 13.5. The fraction of sp³-hybridized carbons (Fsp3) is 0.500. The van der Waals surface area contributed by atoms with Crippen molar-refractivity contribution >= 4 is 38.9 Å². The predicted molar refractivity (Wildman–Crippen MR) is 85.3 cm³/mol. The van der Waals surface area contributed by atoms with Gasteiger partial charge in [0.15, 0.2) is 0 Å². The molecular weight excluding hydrogens is 312 g/mol. The number of anilines is 2. The molecule has 1 aromatic rings. The van der Waals surface area contributed by atoms with E-state index < -0.39 is 10.0 Å². The van der Waals surface area contributed by atoms with Crippen LogP contribution in [0.3, 0.4) is 0 Å². The average Bonchev–Trinajstić information content (AvgIpc) is 2.85. The van der Waals surface area contributed by atoms with Gasteiger partial charge in [0.1, 0.15) is 0 Å². The Labute approximate surface area is 130 Å². The number of nitrogens with one attached hydrogen (secondary N) is 1. The van der Waals surface area contributed by atoms with Crippen LogP contribution >= 0.6 is 11.6 Å². The van der Waals surface area contributed by atoms with Crippen molar-refractivity contribution in [1.82, 2.24) is 0 Å². The zero-order chi connectivity index (χ0) is 15.5. The highest BCUT2D eigenvalue weighted by molar-refractivity contribution is 7.92. The van der Waals surface area contributed by atoms with E-state index in [4.69, 9.17) is 11.6 Å². The lowest BCUT2D eigenvalue weighted by Crippen LogP contribution is -2.24. The molecule has 0 saturated carbocycles. The van der Waals surface area contributed by atoms with Gasteiger partial charge < -0.3 is 4.90 Å². The van der Waals surface area contributed by atoms with Crippen molar-refractivity contribution in [3.8, 4) is 0 Å². The largest absolute Gasteiger partial charge is 0.312 e. The minimum Gasteiger partial charge on any atom is -0.312 e. The van der Waals surface area contributed by atoms with Crippen molar-refractivity contribution in [2.45, 2.75) is 19.8 Å². The molecule has 1 aromatic carbocycles. The van der Waals surface area contributed by atoms with Gasteiger partial charge in [-0.1, -0.05) is 6.92 Å². The summed E-state index contributed by atoms with van der Waals surface area (Å²) < 4.78 is 26.4. The monoisotopic (exact) mass is 330 g/mol. The third kappa shape index (κ3) is 4.35. The highest BCUT2D eigenvalue weighted by atomic mass is 35.5. The van der Waals surface area contributed by atoms with Gasteiger partial charge in [-0.3, -0.25) is 9.52 Å². The van der Waals surface area contributed by atoms with Crippen LogP contribution in [0.5, 0.6) is 0 Å². The van der Waals surface area contributed by atoms with E-state index in [1.54, 1.807) is 36.1 Å². The van der Waals surface area contributed by atoms with Crippen molar-refractivity contribution in [3.05, 3.63) is 24.3 Å². The molecule has 0 aliphatic carbocycles. The quantitative estimate of drug-likeness (QED) is 0.815. The molecule has 1 heterocycles. The van der Waals surface area contributed by atoms with Crippen molar-refractivity contribution in [2.24, 2.45) is 5.92 Å². The maximum Gasteiger partial charge on any atom is 0.233 e. The number of amides is 1. The van der Waals surface area contributed by atoms with E-state index in [0.717, 1.165) is 18.7 Å². The number of alkyl halides is 1. The minimum absolute atomic E-state index is 0.0110. The molecule has 7 heteroatoms. The Morgan fingerprint density at radius 1 is 1.33 bits per heavy atom. The normalized spacial score (nSPS) is 17.0. The fourth-order valence-corrected chi connectivity index (χ4v) is 3.95. The number of halogens is 1. The Kier molecular flexibility index (Phi) is 5.11. The number of rotatable bonds is 6. The summed E-state index contributed by atoms with van der Waals surface area (Å²) in [5.41, 5.74) is 1.29.